The highest BCUT2D eigenvalue weighted by molar-refractivity contribution is 8.00. The highest BCUT2D eigenvalue weighted by Gasteiger charge is 2.24. The predicted molar refractivity (Wildman–Crippen MR) is 114 cm³/mol. The first-order valence-corrected chi connectivity index (χ1v) is 10.2. The van der Waals surface area contributed by atoms with Crippen LogP contribution in [0.4, 0.5) is 17.1 Å². The molecule has 1 aliphatic rings. The van der Waals surface area contributed by atoms with Gasteiger partial charge in [0.1, 0.15) is 0 Å². The second-order valence-corrected chi connectivity index (χ2v) is 7.72. The monoisotopic (exact) mass is 413 g/mol. The average Bonchev–Trinajstić information content (AvgIpc) is 2.72. The number of ether oxygens (including phenoxy) is 1. The lowest BCUT2D eigenvalue weighted by Crippen LogP contribution is -2.37. The largest absolute Gasteiger partial charge is 0.456 e. The third-order valence-corrected chi connectivity index (χ3v) is 5.43. The Morgan fingerprint density at radius 2 is 1.86 bits per heavy atom. The zero-order valence-electron chi connectivity index (χ0n) is 16.4. The summed E-state index contributed by atoms with van der Waals surface area (Å²) >= 11 is 1.49. The van der Waals surface area contributed by atoms with Gasteiger partial charge >= 0.3 is 5.97 Å². The number of hydrogen-bond acceptors (Lipinski definition) is 6. The maximum absolute atomic E-state index is 12.2. The van der Waals surface area contributed by atoms with Gasteiger partial charge in [-0.2, -0.15) is 0 Å². The Balaban J connectivity index is 1.45. The van der Waals surface area contributed by atoms with Crippen molar-refractivity contribution in [3.63, 3.8) is 0 Å². The molecule has 0 saturated heterocycles. The van der Waals surface area contributed by atoms with Crippen LogP contribution < -0.4 is 15.1 Å². The Labute approximate surface area is 174 Å². The Bertz CT molecular complexity index is 899. The minimum Gasteiger partial charge on any atom is -0.456 e. The SMILES string of the molecule is CN(C)c1ccc(NC(=O)COC(=O)CCN2C(=O)CSc3ccccc32)cc1. The van der Waals surface area contributed by atoms with Gasteiger partial charge in [0, 0.05) is 36.9 Å². The van der Waals surface area contributed by atoms with Crippen molar-refractivity contribution in [3.8, 4) is 0 Å². The van der Waals surface area contributed by atoms with Crippen LogP contribution in [0.25, 0.3) is 0 Å². The van der Waals surface area contributed by atoms with Crippen molar-refractivity contribution in [2.45, 2.75) is 11.3 Å². The summed E-state index contributed by atoms with van der Waals surface area (Å²) in [5.74, 6) is -0.625. The van der Waals surface area contributed by atoms with Crippen molar-refractivity contribution in [1.82, 2.24) is 0 Å². The molecule has 0 bridgehead atoms. The molecular weight excluding hydrogens is 390 g/mol. The van der Waals surface area contributed by atoms with E-state index in [4.69, 9.17) is 4.74 Å². The molecule has 2 aromatic carbocycles. The Kier molecular flexibility index (Phi) is 6.77. The van der Waals surface area contributed by atoms with Crippen LogP contribution in [0.15, 0.2) is 53.4 Å². The van der Waals surface area contributed by atoms with Crippen molar-refractivity contribution in [3.05, 3.63) is 48.5 Å². The second kappa shape index (κ2) is 9.47. The molecule has 0 spiro atoms. The van der Waals surface area contributed by atoms with E-state index in [0.717, 1.165) is 16.3 Å². The first-order valence-electron chi connectivity index (χ1n) is 9.19. The van der Waals surface area contributed by atoms with Crippen molar-refractivity contribution in [1.29, 1.82) is 0 Å². The molecule has 0 radical (unpaired) electrons. The summed E-state index contributed by atoms with van der Waals surface area (Å²) < 4.78 is 5.05. The molecule has 7 nitrogen and oxygen atoms in total. The van der Waals surface area contributed by atoms with E-state index in [9.17, 15) is 14.4 Å². The van der Waals surface area contributed by atoms with E-state index in [2.05, 4.69) is 5.32 Å². The third-order valence-electron chi connectivity index (χ3n) is 4.38. The molecule has 2 aromatic rings. The van der Waals surface area contributed by atoms with Gasteiger partial charge in [-0.25, -0.2) is 0 Å². The van der Waals surface area contributed by atoms with Gasteiger partial charge in [-0.3, -0.25) is 14.4 Å². The van der Waals surface area contributed by atoms with Crippen LogP contribution in [0.3, 0.4) is 0 Å². The molecule has 1 heterocycles. The van der Waals surface area contributed by atoms with Gasteiger partial charge in [-0.05, 0) is 36.4 Å². The Morgan fingerprint density at radius 1 is 1.14 bits per heavy atom. The van der Waals surface area contributed by atoms with E-state index >= 15 is 0 Å². The Morgan fingerprint density at radius 3 is 2.59 bits per heavy atom. The van der Waals surface area contributed by atoms with Crippen molar-refractivity contribution in [2.24, 2.45) is 0 Å². The van der Waals surface area contributed by atoms with Gasteiger partial charge in [0.05, 0.1) is 17.9 Å². The molecule has 152 valence electrons. The van der Waals surface area contributed by atoms with Crippen molar-refractivity contribution >= 4 is 46.6 Å². The first kappa shape index (κ1) is 20.7. The van der Waals surface area contributed by atoms with Crippen LogP contribution in [0.5, 0.6) is 0 Å². The fraction of sp³-hybridized carbons (Fsp3) is 0.286. The zero-order chi connectivity index (χ0) is 20.8. The Hall–Kier alpha value is -3.00. The van der Waals surface area contributed by atoms with Gasteiger partial charge in [-0.15, -0.1) is 11.8 Å². The summed E-state index contributed by atoms with van der Waals surface area (Å²) in [6.07, 6.45) is 0.0234. The number of fused-ring (bicyclic) bond motifs is 1. The fourth-order valence-electron chi connectivity index (χ4n) is 2.86. The molecule has 2 amide bonds. The van der Waals surface area contributed by atoms with Crippen LogP contribution >= 0.6 is 11.8 Å². The minimum absolute atomic E-state index is 0.0234. The smallest absolute Gasteiger partial charge is 0.308 e. The average molecular weight is 413 g/mol. The summed E-state index contributed by atoms with van der Waals surface area (Å²) in [4.78, 5) is 40.8. The maximum Gasteiger partial charge on any atom is 0.308 e. The minimum atomic E-state index is -0.522. The zero-order valence-corrected chi connectivity index (χ0v) is 17.2. The van der Waals surface area contributed by atoms with E-state index < -0.39 is 11.9 Å². The standard InChI is InChI=1S/C21H23N3O4S/c1-23(2)16-9-7-15(8-10-16)22-19(25)13-28-21(27)11-12-24-17-5-3-4-6-18(17)29-14-20(24)26/h3-10H,11-14H2,1-2H3,(H,22,25). The molecule has 1 aliphatic heterocycles. The second-order valence-electron chi connectivity index (χ2n) is 6.70. The molecule has 0 fully saturated rings. The summed E-state index contributed by atoms with van der Waals surface area (Å²) in [5, 5.41) is 2.69. The lowest BCUT2D eigenvalue weighted by atomic mass is 10.2. The molecular formula is C21H23N3O4S. The van der Waals surface area contributed by atoms with E-state index in [1.165, 1.54) is 11.8 Å². The lowest BCUT2D eigenvalue weighted by Gasteiger charge is -2.28. The van der Waals surface area contributed by atoms with Crippen LogP contribution in [0.1, 0.15) is 6.42 Å². The van der Waals surface area contributed by atoms with E-state index in [1.807, 2.05) is 55.4 Å². The number of nitrogens with zero attached hydrogens (tertiary/aromatic N) is 2. The number of carbonyl (C=O) groups is 3. The van der Waals surface area contributed by atoms with E-state index in [-0.39, 0.29) is 25.5 Å². The molecule has 0 atom stereocenters. The fourth-order valence-corrected chi connectivity index (χ4v) is 3.80. The first-order chi connectivity index (χ1) is 13.9. The quantitative estimate of drug-likeness (QED) is 0.704. The molecule has 8 heteroatoms. The number of anilines is 3. The van der Waals surface area contributed by atoms with Gasteiger partial charge in [0.15, 0.2) is 6.61 Å². The van der Waals surface area contributed by atoms with Crippen molar-refractivity contribution in [2.75, 3.05) is 48.1 Å². The summed E-state index contributed by atoms with van der Waals surface area (Å²) in [6, 6.07) is 14.9. The topological polar surface area (TPSA) is 79.0 Å². The van der Waals surface area contributed by atoms with Crippen molar-refractivity contribution < 1.29 is 19.1 Å². The summed E-state index contributed by atoms with van der Waals surface area (Å²) in [6.45, 7) is -0.141. The van der Waals surface area contributed by atoms with E-state index in [0.29, 0.717) is 11.4 Å². The number of carbonyl (C=O) groups excluding carboxylic acids is 3. The number of rotatable bonds is 7. The van der Waals surface area contributed by atoms with Crippen LogP contribution in [-0.4, -0.2) is 50.8 Å². The number of nitrogens with one attached hydrogen (secondary N) is 1. The third kappa shape index (κ3) is 5.51. The van der Waals surface area contributed by atoms with Gasteiger partial charge in [0.2, 0.25) is 5.91 Å². The molecule has 0 saturated carbocycles. The number of esters is 1. The molecule has 3 rings (SSSR count). The molecule has 0 aromatic heterocycles. The van der Waals surface area contributed by atoms with Gasteiger partial charge in [0.25, 0.3) is 5.91 Å². The maximum atomic E-state index is 12.2. The normalized spacial score (nSPS) is 12.9. The number of thioether (sulfide) groups is 1. The summed E-state index contributed by atoms with van der Waals surface area (Å²) in [7, 11) is 3.86. The van der Waals surface area contributed by atoms with Crippen LogP contribution in [-0.2, 0) is 19.1 Å². The molecule has 0 aliphatic carbocycles. The molecule has 0 unspecified atom stereocenters. The highest BCUT2D eigenvalue weighted by Crippen LogP contribution is 2.34. The molecule has 1 N–H and O–H groups in total. The number of para-hydroxylation sites is 1. The van der Waals surface area contributed by atoms with E-state index in [1.54, 1.807) is 17.0 Å². The summed E-state index contributed by atoms with van der Waals surface area (Å²) in [5.41, 5.74) is 2.45. The van der Waals surface area contributed by atoms with Gasteiger partial charge in [-0.1, -0.05) is 12.1 Å². The predicted octanol–water partition coefficient (Wildman–Crippen LogP) is 2.76. The van der Waals surface area contributed by atoms with Gasteiger partial charge < -0.3 is 19.9 Å². The van der Waals surface area contributed by atoms with Crippen LogP contribution in [0, 0.1) is 0 Å². The molecule has 29 heavy (non-hydrogen) atoms. The lowest BCUT2D eigenvalue weighted by molar-refractivity contribution is -0.147. The number of benzene rings is 2. The number of amides is 2. The highest BCUT2D eigenvalue weighted by atomic mass is 32.2. The van der Waals surface area contributed by atoms with Crippen LogP contribution in [0.2, 0.25) is 0 Å². The number of hydrogen-bond donors (Lipinski definition) is 1.